The molecule has 0 aliphatic rings. The van der Waals surface area contributed by atoms with Crippen LogP contribution >= 0.6 is 0 Å². The molecule has 0 aliphatic heterocycles. The first-order valence-electron chi connectivity index (χ1n) is 11.2. The Balaban J connectivity index is 1.48. The topological polar surface area (TPSA) is 83.9 Å². The van der Waals surface area contributed by atoms with Crippen LogP contribution in [0.5, 0.6) is 0 Å². The molecule has 5 rings (SSSR count). The van der Waals surface area contributed by atoms with Crippen molar-refractivity contribution in [1.29, 1.82) is 0 Å². The molecule has 5 aromatic rings. The molecule has 0 fully saturated rings. The van der Waals surface area contributed by atoms with E-state index < -0.39 is 0 Å². The number of rotatable bonds is 6. The second kappa shape index (κ2) is 8.94. The molecule has 0 spiro atoms. The van der Waals surface area contributed by atoms with Gasteiger partial charge in [0, 0.05) is 12.1 Å². The van der Waals surface area contributed by atoms with Crippen LogP contribution in [0.3, 0.4) is 0 Å². The molecule has 0 atom stereocenters. The van der Waals surface area contributed by atoms with Gasteiger partial charge >= 0.3 is 0 Å². The van der Waals surface area contributed by atoms with E-state index in [9.17, 15) is 9.59 Å². The smallest absolute Gasteiger partial charge is 0.253 e. The van der Waals surface area contributed by atoms with Crippen LogP contribution in [0.2, 0.25) is 0 Å². The fourth-order valence-electron chi connectivity index (χ4n) is 4.19. The van der Waals surface area contributed by atoms with Gasteiger partial charge in [0.15, 0.2) is 0 Å². The van der Waals surface area contributed by atoms with Gasteiger partial charge in [-0.25, -0.2) is 4.68 Å². The molecule has 0 unspecified atom stereocenters. The Bertz CT molecular complexity index is 1550. The van der Waals surface area contributed by atoms with E-state index in [-0.39, 0.29) is 24.6 Å². The van der Waals surface area contributed by atoms with Crippen molar-refractivity contribution in [3.05, 3.63) is 105 Å². The Kier molecular flexibility index (Phi) is 5.67. The number of aromatic amines is 1. The van der Waals surface area contributed by atoms with Crippen LogP contribution in [0.1, 0.15) is 22.3 Å². The van der Waals surface area contributed by atoms with Crippen LogP contribution in [0.15, 0.2) is 77.6 Å². The Morgan fingerprint density at radius 1 is 0.971 bits per heavy atom. The molecule has 0 saturated heterocycles. The summed E-state index contributed by atoms with van der Waals surface area (Å²) in [5.41, 5.74) is 5.90. The highest BCUT2D eigenvalue weighted by Crippen LogP contribution is 2.20. The molecule has 0 bridgehead atoms. The number of aryl methyl sites for hydroxylation is 2. The Labute approximate surface area is 196 Å². The van der Waals surface area contributed by atoms with E-state index in [2.05, 4.69) is 15.3 Å². The van der Waals surface area contributed by atoms with Crippen molar-refractivity contribution in [3.8, 4) is 0 Å². The molecule has 3 aromatic carbocycles. The van der Waals surface area contributed by atoms with Crippen LogP contribution in [0.4, 0.5) is 0 Å². The summed E-state index contributed by atoms with van der Waals surface area (Å²) in [6, 6.07) is 23.2. The zero-order valence-corrected chi connectivity index (χ0v) is 19.2. The third-order valence-corrected chi connectivity index (χ3v) is 6.26. The predicted octanol–water partition coefficient (Wildman–Crippen LogP) is 4.12. The number of benzene rings is 3. The van der Waals surface area contributed by atoms with Crippen LogP contribution in [-0.4, -0.2) is 30.8 Å². The number of carbonyl (C=O) groups excluding carboxylic acids is 1. The first-order valence-corrected chi connectivity index (χ1v) is 11.2. The molecule has 1 N–H and O–H groups in total. The molecule has 170 valence electrons. The second-order valence-electron chi connectivity index (χ2n) is 8.57. The summed E-state index contributed by atoms with van der Waals surface area (Å²) in [5, 5.41) is 9.26. The van der Waals surface area contributed by atoms with E-state index in [0.29, 0.717) is 12.1 Å². The molecule has 2 heterocycles. The molecule has 7 nitrogen and oxygen atoms in total. The number of nitrogens with zero attached hydrogens (tertiary/aromatic N) is 4. The first kappa shape index (κ1) is 21.6. The van der Waals surface area contributed by atoms with Gasteiger partial charge in [0.2, 0.25) is 5.91 Å². The number of hydrogen-bond donors (Lipinski definition) is 1. The number of fused-ring (bicyclic) bond motifs is 2. The molecule has 0 aliphatic carbocycles. The Hall–Kier alpha value is -4.26. The van der Waals surface area contributed by atoms with Crippen LogP contribution < -0.4 is 5.56 Å². The average molecular weight is 452 g/mol. The predicted molar refractivity (Wildman–Crippen MR) is 132 cm³/mol. The average Bonchev–Trinajstić information content (AvgIpc) is 3.25. The molecule has 7 heteroatoms. The number of para-hydroxylation sites is 1. The lowest BCUT2D eigenvalue weighted by Crippen LogP contribution is -2.35. The summed E-state index contributed by atoms with van der Waals surface area (Å²) in [5.74, 6) is -0.140. The minimum absolute atomic E-state index is 0.0388. The van der Waals surface area contributed by atoms with Gasteiger partial charge in [0.25, 0.3) is 5.56 Å². The number of nitrogens with one attached hydrogen (secondary N) is 1. The first-order chi connectivity index (χ1) is 16.5. The van der Waals surface area contributed by atoms with Crippen molar-refractivity contribution in [3.63, 3.8) is 0 Å². The lowest BCUT2D eigenvalue weighted by atomic mass is 10.0. The van der Waals surface area contributed by atoms with E-state index >= 15 is 0 Å². The minimum Gasteiger partial charge on any atom is -0.332 e. The second-order valence-corrected chi connectivity index (χ2v) is 8.57. The summed E-state index contributed by atoms with van der Waals surface area (Å²) in [6.07, 6.45) is 0. The SMILES string of the molecule is Cc1ccc2cc(CN(Cc3ccccc3)C(=O)Cn3nnc4ccccc43)c(=O)[nH]c2c1C. The van der Waals surface area contributed by atoms with Gasteiger partial charge in [-0.1, -0.05) is 59.8 Å². The van der Waals surface area contributed by atoms with Crippen molar-refractivity contribution in [1.82, 2.24) is 24.9 Å². The summed E-state index contributed by atoms with van der Waals surface area (Å²) in [7, 11) is 0. The number of pyridine rings is 1. The van der Waals surface area contributed by atoms with Crippen molar-refractivity contribution in [2.45, 2.75) is 33.5 Å². The third kappa shape index (κ3) is 4.20. The molecule has 34 heavy (non-hydrogen) atoms. The molecular weight excluding hydrogens is 426 g/mol. The van der Waals surface area contributed by atoms with Crippen molar-refractivity contribution in [2.24, 2.45) is 0 Å². The van der Waals surface area contributed by atoms with Gasteiger partial charge in [-0.15, -0.1) is 5.10 Å². The normalized spacial score (nSPS) is 11.2. The summed E-state index contributed by atoms with van der Waals surface area (Å²) < 4.78 is 1.60. The third-order valence-electron chi connectivity index (χ3n) is 6.26. The number of hydrogen-bond acceptors (Lipinski definition) is 4. The van der Waals surface area contributed by atoms with Gasteiger partial charge in [-0.2, -0.15) is 0 Å². The quantitative estimate of drug-likeness (QED) is 0.421. The van der Waals surface area contributed by atoms with Crippen molar-refractivity contribution < 1.29 is 4.79 Å². The monoisotopic (exact) mass is 451 g/mol. The van der Waals surface area contributed by atoms with E-state index in [1.165, 1.54) is 0 Å². The Morgan fingerprint density at radius 3 is 2.56 bits per heavy atom. The number of aromatic nitrogens is 4. The lowest BCUT2D eigenvalue weighted by molar-refractivity contribution is -0.133. The molecular formula is C27H25N5O2. The van der Waals surface area contributed by atoms with Crippen molar-refractivity contribution >= 4 is 27.8 Å². The van der Waals surface area contributed by atoms with Gasteiger partial charge < -0.3 is 9.88 Å². The standard InChI is InChI=1S/C27H25N5O2/c1-18-12-13-21-14-22(27(34)28-26(21)19(18)2)16-31(15-20-8-4-3-5-9-20)25(33)17-32-24-11-7-6-10-23(24)29-30-32/h3-14H,15-17H2,1-2H3,(H,28,34). The Morgan fingerprint density at radius 2 is 1.74 bits per heavy atom. The fourth-order valence-corrected chi connectivity index (χ4v) is 4.19. The summed E-state index contributed by atoms with van der Waals surface area (Å²) in [4.78, 5) is 31.2. The van der Waals surface area contributed by atoms with Crippen LogP contribution in [0.25, 0.3) is 21.9 Å². The van der Waals surface area contributed by atoms with Crippen LogP contribution in [0, 0.1) is 13.8 Å². The fraction of sp³-hybridized carbons (Fsp3) is 0.185. The van der Waals surface area contributed by atoms with Gasteiger partial charge in [0.1, 0.15) is 12.1 Å². The number of H-pyrrole nitrogens is 1. The van der Waals surface area contributed by atoms with E-state index in [1.807, 2.05) is 86.6 Å². The maximum Gasteiger partial charge on any atom is 0.253 e. The molecule has 0 radical (unpaired) electrons. The molecule has 2 aromatic heterocycles. The molecule has 1 amide bonds. The van der Waals surface area contributed by atoms with E-state index in [0.717, 1.165) is 38.6 Å². The highest BCUT2D eigenvalue weighted by Gasteiger charge is 2.19. The van der Waals surface area contributed by atoms with Gasteiger partial charge in [-0.05, 0) is 54.1 Å². The summed E-state index contributed by atoms with van der Waals surface area (Å²) >= 11 is 0. The van der Waals surface area contributed by atoms with E-state index in [4.69, 9.17) is 0 Å². The summed E-state index contributed by atoms with van der Waals surface area (Å²) in [6.45, 7) is 4.64. The lowest BCUT2D eigenvalue weighted by Gasteiger charge is -2.23. The van der Waals surface area contributed by atoms with Crippen molar-refractivity contribution in [2.75, 3.05) is 0 Å². The highest BCUT2D eigenvalue weighted by molar-refractivity contribution is 5.83. The molecule has 0 saturated carbocycles. The number of amides is 1. The minimum atomic E-state index is -0.182. The largest absolute Gasteiger partial charge is 0.332 e. The van der Waals surface area contributed by atoms with E-state index in [1.54, 1.807) is 9.58 Å². The number of carbonyl (C=O) groups is 1. The van der Waals surface area contributed by atoms with Gasteiger partial charge in [-0.3, -0.25) is 9.59 Å². The zero-order chi connectivity index (χ0) is 23.7. The maximum absolute atomic E-state index is 13.5. The van der Waals surface area contributed by atoms with Crippen LogP contribution in [-0.2, 0) is 24.4 Å². The highest BCUT2D eigenvalue weighted by atomic mass is 16.2. The van der Waals surface area contributed by atoms with Gasteiger partial charge in [0.05, 0.1) is 17.6 Å². The maximum atomic E-state index is 13.5. The zero-order valence-electron chi connectivity index (χ0n) is 19.2.